The Morgan fingerprint density at radius 3 is 2.38 bits per heavy atom. The SMILES string of the molecule is CCCCC[SiH]1c2ccccc2N(c2ccc(C=C3C(=O)N(C)C(=S)N(C)C3=O)s2)c2cc(F)ccc21. The van der Waals surface area contributed by atoms with Gasteiger partial charge in [0.05, 0.1) is 0 Å². The molecular formula is C28H28FN3O2S2Si. The smallest absolute Gasteiger partial charge is 0.265 e. The zero-order chi connectivity index (χ0) is 26.3. The van der Waals surface area contributed by atoms with Crippen molar-refractivity contribution < 1.29 is 14.0 Å². The second-order valence-corrected chi connectivity index (χ2v) is 13.8. The van der Waals surface area contributed by atoms with Crippen molar-refractivity contribution in [1.82, 2.24) is 9.80 Å². The highest BCUT2D eigenvalue weighted by atomic mass is 32.1. The lowest BCUT2D eigenvalue weighted by Gasteiger charge is -2.36. The van der Waals surface area contributed by atoms with Crippen LogP contribution in [0, 0.1) is 5.82 Å². The highest BCUT2D eigenvalue weighted by Crippen LogP contribution is 2.41. The van der Waals surface area contributed by atoms with Crippen molar-refractivity contribution >= 4 is 82.1 Å². The number of nitrogens with zero attached hydrogens (tertiary/aromatic N) is 3. The lowest BCUT2D eigenvalue weighted by atomic mass is 10.1. The average molecular weight is 550 g/mol. The number of unbranched alkanes of at least 4 members (excludes halogenated alkanes) is 2. The molecule has 2 aliphatic rings. The fourth-order valence-electron chi connectivity index (χ4n) is 5.09. The van der Waals surface area contributed by atoms with E-state index in [9.17, 15) is 14.0 Å². The maximum Gasteiger partial charge on any atom is 0.265 e. The van der Waals surface area contributed by atoms with Gasteiger partial charge in [-0.3, -0.25) is 19.4 Å². The summed E-state index contributed by atoms with van der Waals surface area (Å²) in [6.45, 7) is 2.21. The molecule has 1 unspecified atom stereocenters. The summed E-state index contributed by atoms with van der Waals surface area (Å²) in [6.07, 6.45) is 5.16. The Balaban J connectivity index is 1.57. The van der Waals surface area contributed by atoms with Crippen LogP contribution in [0.1, 0.15) is 31.1 Å². The van der Waals surface area contributed by atoms with E-state index in [-0.39, 0.29) is 16.5 Å². The first-order valence-corrected chi connectivity index (χ1v) is 15.6. The van der Waals surface area contributed by atoms with Crippen LogP contribution in [-0.2, 0) is 9.59 Å². The summed E-state index contributed by atoms with van der Waals surface area (Å²) in [7, 11) is 1.61. The predicted molar refractivity (Wildman–Crippen MR) is 156 cm³/mol. The second-order valence-electron chi connectivity index (χ2n) is 9.39. The summed E-state index contributed by atoms with van der Waals surface area (Å²) < 4.78 is 14.6. The van der Waals surface area contributed by atoms with Gasteiger partial charge in [0.1, 0.15) is 25.2 Å². The summed E-state index contributed by atoms with van der Waals surface area (Å²) in [4.78, 5) is 31.1. The van der Waals surface area contributed by atoms with Crippen LogP contribution in [0.3, 0.4) is 0 Å². The van der Waals surface area contributed by atoms with E-state index < -0.39 is 20.6 Å². The van der Waals surface area contributed by atoms with Gasteiger partial charge < -0.3 is 4.90 Å². The van der Waals surface area contributed by atoms with Gasteiger partial charge in [-0.25, -0.2) is 4.39 Å². The summed E-state index contributed by atoms with van der Waals surface area (Å²) in [5.74, 6) is -1.09. The molecule has 1 atom stereocenters. The molecule has 0 saturated carbocycles. The van der Waals surface area contributed by atoms with E-state index in [0.29, 0.717) is 0 Å². The molecule has 1 fully saturated rings. The lowest BCUT2D eigenvalue weighted by molar-refractivity contribution is -0.132. The molecule has 0 spiro atoms. The second kappa shape index (κ2) is 10.3. The summed E-state index contributed by atoms with van der Waals surface area (Å²) in [5.41, 5.74) is 2.05. The topological polar surface area (TPSA) is 43.9 Å². The molecular weight excluding hydrogens is 522 g/mol. The predicted octanol–water partition coefficient (Wildman–Crippen LogP) is 4.80. The van der Waals surface area contributed by atoms with E-state index in [1.807, 2.05) is 24.3 Å². The molecule has 0 N–H and O–H groups in total. The van der Waals surface area contributed by atoms with Gasteiger partial charge in [-0.05, 0) is 59.0 Å². The van der Waals surface area contributed by atoms with Gasteiger partial charge in [-0.2, -0.15) is 0 Å². The highest BCUT2D eigenvalue weighted by Gasteiger charge is 2.36. The number of para-hydroxylation sites is 1. The van der Waals surface area contributed by atoms with E-state index in [1.54, 1.807) is 32.3 Å². The van der Waals surface area contributed by atoms with Gasteiger partial charge in [0.2, 0.25) is 0 Å². The minimum Gasteiger partial charge on any atom is -0.302 e. The van der Waals surface area contributed by atoms with E-state index >= 15 is 0 Å². The first kappa shape index (κ1) is 25.5. The van der Waals surface area contributed by atoms with Crippen LogP contribution in [0.15, 0.2) is 60.2 Å². The Labute approximate surface area is 227 Å². The van der Waals surface area contributed by atoms with E-state index in [2.05, 4.69) is 30.0 Å². The van der Waals surface area contributed by atoms with Crippen LogP contribution in [-0.4, -0.2) is 49.6 Å². The highest BCUT2D eigenvalue weighted by molar-refractivity contribution is 7.80. The Hall–Kier alpha value is -3.14. The fraction of sp³-hybridized carbons (Fsp3) is 0.250. The van der Waals surface area contributed by atoms with Gasteiger partial charge in [-0.1, -0.05) is 56.5 Å². The molecule has 5 nitrogen and oxygen atoms in total. The van der Waals surface area contributed by atoms with Crippen molar-refractivity contribution in [3.63, 3.8) is 0 Å². The molecule has 1 saturated heterocycles. The Morgan fingerprint density at radius 1 is 0.946 bits per heavy atom. The molecule has 0 radical (unpaired) electrons. The van der Waals surface area contributed by atoms with Gasteiger partial charge in [0, 0.05) is 30.3 Å². The Bertz CT molecular complexity index is 1410. The maximum absolute atomic E-state index is 14.6. The van der Waals surface area contributed by atoms with Gasteiger partial charge in [0.15, 0.2) is 5.11 Å². The van der Waals surface area contributed by atoms with Crippen molar-refractivity contribution in [3.05, 3.63) is 70.9 Å². The number of hydrogen-bond donors (Lipinski definition) is 0. The number of thiophene rings is 1. The van der Waals surface area contributed by atoms with Crippen LogP contribution >= 0.6 is 23.6 Å². The normalized spacial score (nSPS) is 17.3. The molecule has 190 valence electrons. The number of halogens is 1. The van der Waals surface area contributed by atoms with Crippen molar-refractivity contribution in [2.45, 2.75) is 32.2 Å². The van der Waals surface area contributed by atoms with Gasteiger partial charge in [0.25, 0.3) is 11.8 Å². The molecule has 2 aliphatic heterocycles. The third-order valence-electron chi connectivity index (χ3n) is 7.02. The van der Waals surface area contributed by atoms with E-state index in [0.717, 1.165) is 27.3 Å². The summed E-state index contributed by atoms with van der Waals surface area (Å²) in [5, 5.41) is 3.69. The number of carbonyl (C=O) groups excluding carboxylic acids is 2. The molecule has 37 heavy (non-hydrogen) atoms. The molecule has 5 rings (SSSR count). The molecule has 0 bridgehead atoms. The number of likely N-dealkylation sites (N-methyl/N-ethyl adjacent to an activating group) is 2. The number of thiocarbonyl (C=S) groups is 1. The number of rotatable bonds is 6. The Morgan fingerprint density at radius 2 is 1.65 bits per heavy atom. The maximum atomic E-state index is 14.6. The first-order chi connectivity index (χ1) is 17.8. The molecule has 0 aliphatic carbocycles. The zero-order valence-electron chi connectivity index (χ0n) is 21.0. The molecule has 2 aromatic carbocycles. The van der Waals surface area contributed by atoms with Crippen LogP contribution in [0.25, 0.3) is 6.08 Å². The summed E-state index contributed by atoms with van der Waals surface area (Å²) in [6, 6.07) is 18.7. The Kier molecular flexibility index (Phi) is 7.11. The molecule has 1 aromatic heterocycles. The third kappa shape index (κ3) is 4.56. The lowest BCUT2D eigenvalue weighted by Crippen LogP contribution is -2.52. The summed E-state index contributed by atoms with van der Waals surface area (Å²) >= 11 is 6.66. The standard InChI is InChI=1S/C28H28FN3O2S2Si/c1-4-5-8-15-37-23-10-7-6-9-21(23)32(22-16-18(29)11-13-24(22)37)25-14-12-19(36-25)17-20-26(33)30(2)28(35)31(3)27(20)34/h6-7,9-14,16-17,37H,4-5,8,15H2,1-3H3. The van der Waals surface area contributed by atoms with Crippen molar-refractivity contribution in [3.8, 4) is 0 Å². The zero-order valence-corrected chi connectivity index (χ0v) is 23.8. The number of fused-ring (bicyclic) bond motifs is 2. The number of benzene rings is 2. The average Bonchev–Trinajstić information content (AvgIpc) is 3.36. The van der Waals surface area contributed by atoms with Crippen molar-refractivity contribution in [2.75, 3.05) is 19.0 Å². The van der Waals surface area contributed by atoms with E-state index in [4.69, 9.17) is 12.2 Å². The monoisotopic (exact) mass is 549 g/mol. The van der Waals surface area contributed by atoms with Crippen LogP contribution in [0.5, 0.6) is 0 Å². The largest absolute Gasteiger partial charge is 0.302 e. The van der Waals surface area contributed by atoms with Gasteiger partial charge >= 0.3 is 0 Å². The van der Waals surface area contributed by atoms with Gasteiger partial charge in [-0.15, -0.1) is 11.3 Å². The fourth-order valence-corrected chi connectivity index (χ4v) is 9.71. The van der Waals surface area contributed by atoms with Crippen molar-refractivity contribution in [2.24, 2.45) is 0 Å². The molecule has 3 aromatic rings. The number of amides is 2. The molecule has 9 heteroatoms. The van der Waals surface area contributed by atoms with Crippen LogP contribution in [0.4, 0.5) is 20.8 Å². The van der Waals surface area contributed by atoms with E-state index in [1.165, 1.54) is 50.8 Å². The molecule has 2 amide bonds. The van der Waals surface area contributed by atoms with Crippen molar-refractivity contribution in [1.29, 1.82) is 0 Å². The van der Waals surface area contributed by atoms with Crippen LogP contribution in [0.2, 0.25) is 6.04 Å². The minimum absolute atomic E-state index is 0.0703. The molecule has 3 heterocycles. The minimum atomic E-state index is -1.52. The first-order valence-electron chi connectivity index (χ1n) is 12.4. The quantitative estimate of drug-likeness (QED) is 0.146. The number of anilines is 3. The third-order valence-corrected chi connectivity index (χ3v) is 12.1. The van der Waals surface area contributed by atoms with Crippen LogP contribution < -0.4 is 15.3 Å². The number of carbonyl (C=O) groups is 2. The number of hydrogen-bond acceptors (Lipinski definition) is 5.